The van der Waals surface area contributed by atoms with Crippen LogP contribution in [0.1, 0.15) is 34.8 Å². The summed E-state index contributed by atoms with van der Waals surface area (Å²) in [7, 11) is -3.61. The molecule has 180 valence electrons. The van der Waals surface area contributed by atoms with Crippen LogP contribution in [0.2, 0.25) is 0 Å². The first-order valence-corrected chi connectivity index (χ1v) is 13.8. The average molecular weight is 513 g/mol. The maximum absolute atomic E-state index is 12.3. The molecule has 3 aromatic rings. The van der Waals surface area contributed by atoms with E-state index in [9.17, 15) is 13.2 Å². The molecule has 3 rings (SSSR count). The van der Waals surface area contributed by atoms with Crippen molar-refractivity contribution in [1.29, 1.82) is 0 Å². The number of carbonyl (C=O) groups is 1. The third kappa shape index (κ3) is 7.94. The van der Waals surface area contributed by atoms with Crippen LogP contribution in [0.3, 0.4) is 0 Å². The van der Waals surface area contributed by atoms with Crippen LogP contribution in [0, 0.1) is 0 Å². The zero-order chi connectivity index (χ0) is 23.5. The highest BCUT2D eigenvalue weighted by Crippen LogP contribution is 2.25. The fourth-order valence-electron chi connectivity index (χ4n) is 2.80. The number of nitrogens with one attached hydrogen (secondary N) is 4. The fourth-order valence-corrected chi connectivity index (χ4v) is 5.36. The molecule has 0 radical (unpaired) electrons. The lowest BCUT2D eigenvalue weighted by Crippen LogP contribution is -2.28. The van der Waals surface area contributed by atoms with Crippen molar-refractivity contribution in [3.8, 4) is 10.7 Å². The number of H-pyrrole nitrogens is 1. The second-order valence-electron chi connectivity index (χ2n) is 7.08. The first kappa shape index (κ1) is 25.4. The largest absolute Gasteiger partial charge is 0.351 e. The summed E-state index contributed by atoms with van der Waals surface area (Å²) in [6, 6.07) is 0. The highest BCUT2D eigenvalue weighted by atomic mass is 32.2. The van der Waals surface area contributed by atoms with E-state index in [2.05, 4.69) is 35.3 Å². The second-order valence-corrected chi connectivity index (χ2v) is 10.6. The van der Waals surface area contributed by atoms with Gasteiger partial charge >= 0.3 is 0 Å². The molecule has 14 heteroatoms. The Morgan fingerprint density at radius 3 is 2.70 bits per heavy atom. The summed E-state index contributed by atoms with van der Waals surface area (Å²) >= 11 is 2.78. The molecular formula is C19H28N8O3S3. The summed E-state index contributed by atoms with van der Waals surface area (Å²) < 4.78 is 26.7. The number of rotatable bonds is 15. The number of hydrogen-bond acceptors (Lipinski definition) is 10. The van der Waals surface area contributed by atoms with E-state index in [0.29, 0.717) is 35.9 Å². The number of unbranched alkanes of at least 4 members (excludes halogenated alkanes) is 1. The molecule has 1 amide bonds. The van der Waals surface area contributed by atoms with Gasteiger partial charge in [-0.15, -0.1) is 22.7 Å². The summed E-state index contributed by atoms with van der Waals surface area (Å²) in [5.41, 5.74) is 6.51. The number of thiazole rings is 2. The summed E-state index contributed by atoms with van der Waals surface area (Å²) in [6.07, 6.45) is 5.92. The number of imidazole rings is 1. The molecule has 0 aliphatic carbocycles. The van der Waals surface area contributed by atoms with Gasteiger partial charge in [-0.05, 0) is 38.9 Å². The quantitative estimate of drug-likeness (QED) is 0.188. The lowest BCUT2D eigenvalue weighted by molar-refractivity contribution is 0.0949. The molecule has 0 bridgehead atoms. The van der Waals surface area contributed by atoms with Gasteiger partial charge in [0.15, 0.2) is 5.03 Å². The number of aromatic nitrogens is 4. The number of hydrogen-bond donors (Lipinski definition) is 5. The lowest BCUT2D eigenvalue weighted by Gasteiger charge is -2.05. The van der Waals surface area contributed by atoms with Crippen LogP contribution in [0.4, 0.5) is 0 Å². The van der Waals surface area contributed by atoms with Crippen LogP contribution >= 0.6 is 22.7 Å². The topological polar surface area (TPSA) is 168 Å². The molecule has 0 fully saturated rings. The van der Waals surface area contributed by atoms with Crippen molar-refractivity contribution >= 4 is 38.6 Å². The summed E-state index contributed by atoms with van der Waals surface area (Å²) in [5.74, 6) is -0.204. The molecule has 0 aromatic carbocycles. The molecule has 11 nitrogen and oxygen atoms in total. The van der Waals surface area contributed by atoms with Gasteiger partial charge in [-0.2, -0.15) is 0 Å². The minimum absolute atomic E-state index is 0.0229. The van der Waals surface area contributed by atoms with Gasteiger partial charge in [0.05, 0.1) is 17.5 Å². The van der Waals surface area contributed by atoms with Crippen molar-refractivity contribution in [2.45, 2.75) is 30.7 Å². The van der Waals surface area contributed by atoms with Gasteiger partial charge in [-0.1, -0.05) is 0 Å². The van der Waals surface area contributed by atoms with Gasteiger partial charge in [0.1, 0.15) is 16.4 Å². The molecule has 3 heterocycles. The molecule has 3 aromatic heterocycles. The molecule has 0 saturated carbocycles. The van der Waals surface area contributed by atoms with E-state index in [1.165, 1.54) is 35.2 Å². The number of carbonyl (C=O) groups excluding carboxylic acids is 1. The van der Waals surface area contributed by atoms with E-state index in [1.54, 1.807) is 5.38 Å². The van der Waals surface area contributed by atoms with Crippen LogP contribution in [0.25, 0.3) is 10.7 Å². The van der Waals surface area contributed by atoms with Crippen molar-refractivity contribution < 1.29 is 13.2 Å². The standard InChI is InChI=1S/C19H28N8O3S3/c20-5-1-2-6-21-7-3-8-23-18(28)14-11-32-19(27-14)15-12-31-16(26-15)4-9-25-33(29,30)17-10-22-13-24-17/h10-13,21,25H,1-9,20H2,(H,22,24)(H,23,28). The molecular weight excluding hydrogens is 484 g/mol. The Labute approximate surface area is 200 Å². The summed E-state index contributed by atoms with van der Waals surface area (Å²) in [6.45, 7) is 3.27. The van der Waals surface area contributed by atoms with E-state index in [-0.39, 0.29) is 17.5 Å². The van der Waals surface area contributed by atoms with Gasteiger partial charge < -0.3 is 21.4 Å². The SMILES string of the molecule is NCCCCNCCCNC(=O)c1csc(-c2csc(CCNS(=O)(=O)c3cnc[nH]3)n2)n1. The van der Waals surface area contributed by atoms with E-state index in [1.807, 2.05) is 5.38 Å². The zero-order valence-corrected chi connectivity index (χ0v) is 20.5. The Morgan fingerprint density at radius 2 is 1.91 bits per heavy atom. The molecule has 0 aliphatic heterocycles. The minimum atomic E-state index is -3.61. The highest BCUT2D eigenvalue weighted by molar-refractivity contribution is 7.89. The third-order valence-corrected chi connectivity index (χ3v) is 7.68. The molecule has 0 saturated heterocycles. The number of aromatic amines is 1. The second kappa shape index (κ2) is 12.9. The van der Waals surface area contributed by atoms with Gasteiger partial charge in [-0.3, -0.25) is 4.79 Å². The van der Waals surface area contributed by atoms with Crippen LogP contribution in [-0.4, -0.2) is 67.0 Å². The molecule has 0 aliphatic rings. The van der Waals surface area contributed by atoms with Crippen molar-refractivity contribution in [2.24, 2.45) is 5.73 Å². The van der Waals surface area contributed by atoms with E-state index < -0.39 is 10.0 Å². The van der Waals surface area contributed by atoms with E-state index >= 15 is 0 Å². The fraction of sp³-hybridized carbons (Fsp3) is 0.474. The Balaban J connectivity index is 1.41. The van der Waals surface area contributed by atoms with Crippen molar-refractivity contribution in [3.05, 3.63) is 34.0 Å². The highest BCUT2D eigenvalue weighted by Gasteiger charge is 2.16. The molecule has 33 heavy (non-hydrogen) atoms. The molecule has 0 spiro atoms. The average Bonchev–Trinajstić information content (AvgIpc) is 3.56. The van der Waals surface area contributed by atoms with Crippen molar-refractivity contribution in [3.63, 3.8) is 0 Å². The van der Waals surface area contributed by atoms with Gasteiger partial charge in [0.25, 0.3) is 15.9 Å². The summed E-state index contributed by atoms with van der Waals surface area (Å²) in [4.78, 5) is 27.5. The molecule has 0 atom stereocenters. The van der Waals surface area contributed by atoms with Crippen LogP contribution in [0.5, 0.6) is 0 Å². The van der Waals surface area contributed by atoms with Crippen molar-refractivity contribution in [1.82, 2.24) is 35.3 Å². The van der Waals surface area contributed by atoms with Gasteiger partial charge in [0.2, 0.25) is 0 Å². The smallest absolute Gasteiger partial charge is 0.270 e. The Hall–Kier alpha value is -2.23. The van der Waals surface area contributed by atoms with E-state index in [4.69, 9.17) is 5.73 Å². The maximum Gasteiger partial charge on any atom is 0.270 e. The predicted molar refractivity (Wildman–Crippen MR) is 129 cm³/mol. The number of sulfonamides is 1. The van der Waals surface area contributed by atoms with Crippen molar-refractivity contribution in [2.75, 3.05) is 32.7 Å². The van der Waals surface area contributed by atoms with Gasteiger partial charge in [0, 0.05) is 30.3 Å². The number of nitrogens with zero attached hydrogens (tertiary/aromatic N) is 3. The molecule has 0 unspecified atom stereocenters. The van der Waals surface area contributed by atoms with Crippen LogP contribution in [-0.2, 0) is 16.4 Å². The Morgan fingerprint density at radius 1 is 1.06 bits per heavy atom. The molecule has 6 N–H and O–H groups in total. The van der Waals surface area contributed by atoms with Gasteiger partial charge in [-0.25, -0.2) is 28.1 Å². The third-order valence-electron chi connectivity index (χ3n) is 4.52. The number of amides is 1. The van der Waals surface area contributed by atoms with Crippen LogP contribution in [0.15, 0.2) is 28.3 Å². The number of nitrogens with two attached hydrogens (primary N) is 1. The first-order valence-electron chi connectivity index (χ1n) is 10.6. The zero-order valence-electron chi connectivity index (χ0n) is 18.0. The predicted octanol–water partition coefficient (Wildman–Crippen LogP) is 0.959. The lowest BCUT2D eigenvalue weighted by atomic mass is 10.3. The Bertz CT molecular complexity index is 1100. The maximum atomic E-state index is 12.3. The van der Waals surface area contributed by atoms with Crippen LogP contribution < -0.4 is 21.1 Å². The minimum Gasteiger partial charge on any atom is -0.351 e. The normalized spacial score (nSPS) is 11.7. The van der Waals surface area contributed by atoms with E-state index in [0.717, 1.165) is 37.4 Å². The first-order chi connectivity index (χ1) is 16.0. The Kier molecular flexibility index (Phi) is 9.90. The monoisotopic (exact) mass is 512 g/mol. The summed E-state index contributed by atoms with van der Waals surface area (Å²) in [5, 5.41) is 11.2.